The van der Waals surface area contributed by atoms with Gasteiger partial charge in [0, 0.05) is 5.38 Å². The number of nitrogens with zero attached hydrogens (tertiary/aromatic N) is 1. The van der Waals surface area contributed by atoms with Crippen LogP contribution in [-0.4, -0.2) is 13.4 Å². The number of anilines is 2. The molecule has 0 atom stereocenters. The number of thiazole rings is 1. The third kappa shape index (κ3) is 2.58. The fraction of sp³-hybridized carbons (Fsp3) is 0.100. The van der Waals surface area contributed by atoms with Gasteiger partial charge in [-0.15, -0.1) is 11.3 Å². The highest BCUT2D eigenvalue weighted by Gasteiger charge is 2.22. The highest BCUT2D eigenvalue weighted by molar-refractivity contribution is 7.93. The minimum atomic E-state index is -3.82. The summed E-state index contributed by atoms with van der Waals surface area (Å²) in [6.07, 6.45) is 0. The molecule has 96 valence electrons. The number of benzene rings is 1. The molecule has 0 amide bonds. The quantitative estimate of drug-likeness (QED) is 0.853. The summed E-state index contributed by atoms with van der Waals surface area (Å²) in [6.45, 7) is 1.78. The van der Waals surface area contributed by atoms with Crippen molar-refractivity contribution in [2.24, 2.45) is 0 Å². The molecule has 0 fully saturated rings. The number of hydrogen-bond donors (Lipinski definition) is 2. The SMILES string of the molecule is Cc1csc(NS(=O)(=O)c2c(N)cccc2Cl)n1. The lowest BCUT2D eigenvalue weighted by atomic mass is 10.3. The Morgan fingerprint density at radius 3 is 2.72 bits per heavy atom. The number of nitrogens with one attached hydrogen (secondary N) is 1. The molecule has 2 aromatic rings. The molecule has 0 saturated heterocycles. The highest BCUT2D eigenvalue weighted by Crippen LogP contribution is 2.29. The van der Waals surface area contributed by atoms with Crippen LogP contribution in [-0.2, 0) is 10.0 Å². The van der Waals surface area contributed by atoms with Gasteiger partial charge >= 0.3 is 0 Å². The molecule has 1 heterocycles. The van der Waals surface area contributed by atoms with Gasteiger partial charge in [0.2, 0.25) is 0 Å². The zero-order valence-corrected chi connectivity index (χ0v) is 11.7. The minimum Gasteiger partial charge on any atom is -0.398 e. The van der Waals surface area contributed by atoms with Crippen molar-refractivity contribution in [2.75, 3.05) is 10.5 Å². The smallest absolute Gasteiger partial charge is 0.267 e. The van der Waals surface area contributed by atoms with Crippen LogP contribution in [0.4, 0.5) is 10.8 Å². The first-order valence-electron chi connectivity index (χ1n) is 4.89. The van der Waals surface area contributed by atoms with Crippen molar-refractivity contribution in [3.63, 3.8) is 0 Å². The lowest BCUT2D eigenvalue weighted by Gasteiger charge is -2.09. The Bertz CT molecular complexity index is 662. The molecule has 0 spiro atoms. The predicted octanol–water partition coefficient (Wildman–Crippen LogP) is 2.49. The van der Waals surface area contributed by atoms with Crippen molar-refractivity contribution in [1.82, 2.24) is 4.98 Å². The topological polar surface area (TPSA) is 85.1 Å². The van der Waals surface area contributed by atoms with Crippen molar-refractivity contribution in [3.8, 4) is 0 Å². The van der Waals surface area contributed by atoms with E-state index < -0.39 is 10.0 Å². The van der Waals surface area contributed by atoms with Crippen molar-refractivity contribution in [1.29, 1.82) is 0 Å². The number of sulfonamides is 1. The number of aromatic nitrogens is 1. The van der Waals surface area contributed by atoms with Crippen LogP contribution in [0.1, 0.15) is 5.69 Å². The Hall–Kier alpha value is -1.31. The Morgan fingerprint density at radius 1 is 1.44 bits per heavy atom. The van der Waals surface area contributed by atoms with Crippen molar-refractivity contribution < 1.29 is 8.42 Å². The molecular formula is C10H10ClN3O2S2. The van der Waals surface area contributed by atoms with E-state index in [1.165, 1.54) is 23.5 Å². The van der Waals surface area contributed by atoms with E-state index in [0.29, 0.717) is 0 Å². The Labute approximate surface area is 114 Å². The Balaban J connectivity index is 2.43. The fourth-order valence-corrected chi connectivity index (χ4v) is 4.00. The zero-order chi connectivity index (χ0) is 13.3. The average molecular weight is 304 g/mol. The van der Waals surface area contributed by atoms with Crippen LogP contribution in [0.15, 0.2) is 28.5 Å². The summed E-state index contributed by atoms with van der Waals surface area (Å²) in [6, 6.07) is 4.54. The van der Waals surface area contributed by atoms with Crippen LogP contribution in [0, 0.1) is 6.92 Å². The van der Waals surface area contributed by atoms with Gasteiger partial charge in [-0.25, -0.2) is 13.4 Å². The van der Waals surface area contributed by atoms with Gasteiger partial charge in [-0.2, -0.15) is 0 Å². The number of nitrogens with two attached hydrogens (primary N) is 1. The fourth-order valence-electron chi connectivity index (χ4n) is 1.38. The zero-order valence-electron chi connectivity index (χ0n) is 9.34. The van der Waals surface area contributed by atoms with Crippen molar-refractivity contribution in [3.05, 3.63) is 34.3 Å². The summed E-state index contributed by atoms with van der Waals surface area (Å²) in [5.41, 5.74) is 6.49. The van der Waals surface area contributed by atoms with Gasteiger partial charge in [0.1, 0.15) is 4.90 Å². The van der Waals surface area contributed by atoms with Crippen molar-refractivity contribution >= 4 is 43.8 Å². The lowest BCUT2D eigenvalue weighted by molar-refractivity contribution is 0.601. The molecule has 0 aliphatic carbocycles. The van der Waals surface area contributed by atoms with Gasteiger partial charge in [0.25, 0.3) is 10.0 Å². The van der Waals surface area contributed by atoms with Gasteiger partial charge in [0.05, 0.1) is 16.4 Å². The summed E-state index contributed by atoms with van der Waals surface area (Å²) in [5, 5.41) is 2.11. The van der Waals surface area contributed by atoms with Gasteiger partial charge in [0.15, 0.2) is 5.13 Å². The van der Waals surface area contributed by atoms with Gasteiger partial charge in [-0.3, -0.25) is 4.72 Å². The monoisotopic (exact) mass is 303 g/mol. The molecule has 1 aromatic carbocycles. The standard InChI is InChI=1S/C10H10ClN3O2S2/c1-6-5-17-10(13-6)14-18(15,16)9-7(11)3-2-4-8(9)12/h2-5H,12H2,1H3,(H,13,14). The molecular weight excluding hydrogens is 294 g/mol. The molecule has 1 aromatic heterocycles. The van der Waals surface area contributed by atoms with E-state index in [4.69, 9.17) is 17.3 Å². The Morgan fingerprint density at radius 2 is 2.17 bits per heavy atom. The average Bonchev–Trinajstić information content (AvgIpc) is 2.62. The lowest BCUT2D eigenvalue weighted by Crippen LogP contribution is -2.15. The normalized spacial score (nSPS) is 11.4. The second kappa shape index (κ2) is 4.75. The summed E-state index contributed by atoms with van der Waals surface area (Å²) in [4.78, 5) is 3.90. The first-order valence-corrected chi connectivity index (χ1v) is 7.63. The minimum absolute atomic E-state index is 0.0794. The second-order valence-corrected chi connectivity index (χ2v) is 6.44. The van der Waals surface area contributed by atoms with Crippen molar-refractivity contribution in [2.45, 2.75) is 11.8 Å². The molecule has 0 radical (unpaired) electrons. The summed E-state index contributed by atoms with van der Waals surface area (Å²) in [7, 11) is -3.82. The van der Waals surface area contributed by atoms with E-state index in [1.54, 1.807) is 18.4 Å². The van der Waals surface area contributed by atoms with Crippen LogP contribution < -0.4 is 10.5 Å². The van der Waals surface area contributed by atoms with E-state index in [-0.39, 0.29) is 20.7 Å². The van der Waals surface area contributed by atoms with Crippen LogP contribution in [0.2, 0.25) is 5.02 Å². The maximum absolute atomic E-state index is 12.1. The summed E-state index contributed by atoms with van der Waals surface area (Å²) >= 11 is 7.07. The largest absolute Gasteiger partial charge is 0.398 e. The molecule has 0 aliphatic heterocycles. The maximum atomic E-state index is 12.1. The predicted molar refractivity (Wildman–Crippen MR) is 73.5 cm³/mol. The molecule has 18 heavy (non-hydrogen) atoms. The molecule has 2 rings (SSSR count). The summed E-state index contributed by atoms with van der Waals surface area (Å²) < 4.78 is 26.6. The third-order valence-electron chi connectivity index (χ3n) is 2.11. The van der Waals surface area contributed by atoms with E-state index in [1.807, 2.05) is 0 Å². The highest BCUT2D eigenvalue weighted by atomic mass is 35.5. The first kappa shape index (κ1) is 13.1. The van der Waals surface area contributed by atoms with Crippen LogP contribution in [0.5, 0.6) is 0 Å². The molecule has 5 nitrogen and oxygen atoms in total. The second-order valence-electron chi connectivity index (χ2n) is 3.56. The molecule has 0 saturated carbocycles. The van der Waals surface area contributed by atoms with Crippen LogP contribution in [0.3, 0.4) is 0 Å². The molecule has 3 N–H and O–H groups in total. The number of nitrogen functional groups attached to an aromatic ring is 1. The number of aryl methyl sites for hydroxylation is 1. The van der Waals surface area contributed by atoms with Crippen LogP contribution in [0.25, 0.3) is 0 Å². The molecule has 0 aliphatic rings. The Kier molecular flexibility index (Phi) is 3.47. The first-order chi connectivity index (χ1) is 8.40. The van der Waals surface area contributed by atoms with E-state index in [0.717, 1.165) is 5.69 Å². The molecule has 0 unspecified atom stereocenters. The summed E-state index contributed by atoms with van der Waals surface area (Å²) in [5.74, 6) is 0. The van der Waals surface area contributed by atoms with Crippen LogP contribution >= 0.6 is 22.9 Å². The molecule has 8 heteroatoms. The van der Waals surface area contributed by atoms with E-state index in [2.05, 4.69) is 9.71 Å². The number of rotatable bonds is 3. The van der Waals surface area contributed by atoms with E-state index >= 15 is 0 Å². The number of hydrogen-bond acceptors (Lipinski definition) is 5. The van der Waals surface area contributed by atoms with E-state index in [9.17, 15) is 8.42 Å². The maximum Gasteiger partial charge on any atom is 0.267 e. The van der Waals surface area contributed by atoms with Gasteiger partial charge < -0.3 is 5.73 Å². The van der Waals surface area contributed by atoms with Gasteiger partial charge in [-0.05, 0) is 19.1 Å². The molecule has 0 bridgehead atoms. The third-order valence-corrected chi connectivity index (χ3v) is 4.99. The van der Waals surface area contributed by atoms with Gasteiger partial charge in [-0.1, -0.05) is 17.7 Å². The number of halogens is 1.